The molecule has 0 aliphatic rings. The minimum atomic E-state index is -0.136. The molecule has 0 radical (unpaired) electrons. The van der Waals surface area contributed by atoms with Gasteiger partial charge in [0.05, 0.1) is 6.04 Å². The van der Waals surface area contributed by atoms with E-state index < -0.39 is 0 Å². The van der Waals surface area contributed by atoms with Crippen molar-refractivity contribution in [3.63, 3.8) is 0 Å². The largest absolute Gasteiger partial charge is 0.508 e. The summed E-state index contributed by atoms with van der Waals surface area (Å²) in [6, 6.07) is 25.3. The van der Waals surface area contributed by atoms with Crippen molar-refractivity contribution in [2.45, 2.75) is 33.7 Å². The van der Waals surface area contributed by atoms with Gasteiger partial charge in [0.2, 0.25) is 0 Å². The van der Waals surface area contributed by atoms with Crippen molar-refractivity contribution in [3.05, 3.63) is 90.0 Å². The lowest BCUT2D eigenvalue weighted by Gasteiger charge is -2.14. The highest BCUT2D eigenvalue weighted by atomic mass is 16.3. The first-order valence-corrected chi connectivity index (χ1v) is 8.94. The van der Waals surface area contributed by atoms with Crippen LogP contribution in [0.1, 0.15) is 44.9 Å². The predicted molar refractivity (Wildman–Crippen MR) is 109 cm³/mol. The molecule has 132 valence electrons. The fourth-order valence-corrected chi connectivity index (χ4v) is 2.42. The summed E-state index contributed by atoms with van der Waals surface area (Å²) in [4.78, 5) is 0. The zero-order valence-electron chi connectivity index (χ0n) is 15.6. The molecule has 0 saturated heterocycles. The van der Waals surface area contributed by atoms with Crippen LogP contribution in [0.5, 0.6) is 5.75 Å². The molecule has 0 fully saturated rings. The average molecular weight is 335 g/mol. The summed E-state index contributed by atoms with van der Waals surface area (Å²) < 4.78 is 0. The first-order chi connectivity index (χ1) is 12.2. The van der Waals surface area contributed by atoms with Crippen molar-refractivity contribution >= 4 is 0 Å². The minimum absolute atomic E-state index is 0.136. The van der Waals surface area contributed by atoms with Crippen LogP contribution in [0.3, 0.4) is 0 Å². The van der Waals surface area contributed by atoms with E-state index in [0.29, 0.717) is 0 Å². The van der Waals surface area contributed by atoms with E-state index in [1.54, 1.807) is 12.1 Å². The van der Waals surface area contributed by atoms with Crippen LogP contribution in [0.25, 0.3) is 11.1 Å². The van der Waals surface area contributed by atoms with Crippen molar-refractivity contribution in [1.29, 1.82) is 0 Å². The molecule has 2 nitrogen and oxygen atoms in total. The number of hydrogen-bond acceptors (Lipinski definition) is 2. The summed E-state index contributed by atoms with van der Waals surface area (Å²) >= 11 is 0. The highest BCUT2D eigenvalue weighted by molar-refractivity contribution is 5.65. The third kappa shape index (κ3) is 5.77. The van der Waals surface area contributed by atoms with Crippen LogP contribution >= 0.6 is 0 Å². The number of hydrogen-bond donors (Lipinski definition) is 2. The van der Waals surface area contributed by atoms with Gasteiger partial charge in [-0.1, -0.05) is 88.4 Å². The van der Waals surface area contributed by atoms with Crippen LogP contribution in [-0.2, 0) is 0 Å². The molecule has 3 aromatic rings. The molecule has 0 heterocycles. The molecule has 2 heteroatoms. The summed E-state index contributed by atoms with van der Waals surface area (Å²) in [5, 5.41) is 9.38. The van der Waals surface area contributed by atoms with E-state index in [4.69, 9.17) is 5.73 Å². The second-order valence-corrected chi connectivity index (χ2v) is 5.06. The zero-order valence-corrected chi connectivity index (χ0v) is 15.6. The minimum Gasteiger partial charge on any atom is -0.508 e. The van der Waals surface area contributed by atoms with E-state index in [9.17, 15) is 5.11 Å². The molecule has 0 saturated carbocycles. The first-order valence-electron chi connectivity index (χ1n) is 8.94. The number of benzene rings is 3. The molecule has 0 aliphatic heterocycles. The highest BCUT2D eigenvalue weighted by Crippen LogP contribution is 2.26. The molecular weight excluding hydrogens is 306 g/mol. The lowest BCUT2D eigenvalue weighted by molar-refractivity contribution is 0.475. The molecule has 0 amide bonds. The van der Waals surface area contributed by atoms with E-state index in [0.717, 1.165) is 22.3 Å². The third-order valence-electron chi connectivity index (χ3n) is 3.61. The van der Waals surface area contributed by atoms with Crippen LogP contribution in [0.15, 0.2) is 78.9 Å². The fraction of sp³-hybridized carbons (Fsp3) is 0.217. The number of phenolic OH excluding ortho intramolecular Hbond substituents is 1. The van der Waals surface area contributed by atoms with Gasteiger partial charge >= 0.3 is 0 Å². The van der Waals surface area contributed by atoms with Crippen molar-refractivity contribution in [2.75, 3.05) is 0 Å². The van der Waals surface area contributed by atoms with Gasteiger partial charge in [0.25, 0.3) is 0 Å². The normalized spacial score (nSPS) is 10.6. The SMILES string of the molecule is CC.CC.NC(c1ccccc1)c1cccc(-c2ccc(O)cc2)c1. The maximum atomic E-state index is 9.38. The second kappa shape index (κ2) is 11.1. The zero-order chi connectivity index (χ0) is 18.7. The average Bonchev–Trinajstić information content (AvgIpc) is 2.72. The Morgan fingerprint density at radius 3 is 1.80 bits per heavy atom. The Kier molecular flexibility index (Phi) is 9.05. The molecule has 0 bridgehead atoms. The monoisotopic (exact) mass is 335 g/mol. The number of aromatic hydroxyl groups is 1. The topological polar surface area (TPSA) is 46.2 Å². The fourth-order valence-electron chi connectivity index (χ4n) is 2.42. The molecule has 1 atom stereocenters. The lowest BCUT2D eigenvalue weighted by atomic mass is 9.96. The second-order valence-electron chi connectivity index (χ2n) is 5.06. The molecule has 0 aromatic heterocycles. The van der Waals surface area contributed by atoms with Crippen LogP contribution in [-0.4, -0.2) is 5.11 Å². The van der Waals surface area contributed by atoms with Crippen LogP contribution < -0.4 is 5.73 Å². The Hall–Kier alpha value is -2.58. The van der Waals surface area contributed by atoms with Gasteiger partial charge in [-0.3, -0.25) is 0 Å². The Bertz CT molecular complexity index is 721. The van der Waals surface area contributed by atoms with Crippen LogP contribution in [0.4, 0.5) is 0 Å². The maximum Gasteiger partial charge on any atom is 0.115 e. The van der Waals surface area contributed by atoms with E-state index >= 15 is 0 Å². The molecule has 1 unspecified atom stereocenters. The van der Waals surface area contributed by atoms with Gasteiger partial charge in [-0.15, -0.1) is 0 Å². The van der Waals surface area contributed by atoms with Gasteiger partial charge in [0.1, 0.15) is 5.75 Å². The molecule has 0 spiro atoms. The quantitative estimate of drug-likeness (QED) is 0.602. The summed E-state index contributed by atoms with van der Waals surface area (Å²) in [5.74, 6) is 0.274. The number of rotatable bonds is 3. The van der Waals surface area contributed by atoms with E-state index in [-0.39, 0.29) is 11.8 Å². The molecule has 3 N–H and O–H groups in total. The summed E-state index contributed by atoms with van der Waals surface area (Å²) in [7, 11) is 0. The van der Waals surface area contributed by atoms with Crippen molar-refractivity contribution in [1.82, 2.24) is 0 Å². The van der Waals surface area contributed by atoms with E-state index in [1.807, 2.05) is 88.4 Å². The van der Waals surface area contributed by atoms with E-state index in [1.165, 1.54) is 0 Å². The van der Waals surface area contributed by atoms with Gasteiger partial charge < -0.3 is 10.8 Å². The van der Waals surface area contributed by atoms with Gasteiger partial charge in [0.15, 0.2) is 0 Å². The maximum absolute atomic E-state index is 9.38. The van der Waals surface area contributed by atoms with Gasteiger partial charge in [-0.05, 0) is 40.5 Å². The van der Waals surface area contributed by atoms with Crippen LogP contribution in [0.2, 0.25) is 0 Å². The van der Waals surface area contributed by atoms with E-state index in [2.05, 4.69) is 6.07 Å². The molecule has 3 rings (SSSR count). The molecule has 0 aliphatic carbocycles. The predicted octanol–water partition coefficient (Wildman–Crippen LogP) is 6.16. The Morgan fingerprint density at radius 1 is 0.640 bits per heavy atom. The van der Waals surface area contributed by atoms with Crippen molar-refractivity contribution < 1.29 is 5.11 Å². The standard InChI is InChI=1S/C19H17NO.2C2H6/c20-19(15-5-2-1-3-6-15)17-8-4-7-16(13-17)14-9-11-18(21)12-10-14;2*1-2/h1-13,19,21H,20H2;2*1-2H3. The Balaban J connectivity index is 0.000000730. The Morgan fingerprint density at radius 2 is 1.20 bits per heavy atom. The van der Waals surface area contributed by atoms with Crippen LogP contribution in [0, 0.1) is 0 Å². The number of nitrogens with two attached hydrogens (primary N) is 1. The summed E-state index contributed by atoms with van der Waals surface area (Å²) in [5.41, 5.74) is 10.7. The van der Waals surface area contributed by atoms with Gasteiger partial charge in [-0.25, -0.2) is 0 Å². The highest BCUT2D eigenvalue weighted by Gasteiger charge is 2.09. The first kappa shape index (κ1) is 20.5. The number of phenols is 1. The van der Waals surface area contributed by atoms with Gasteiger partial charge in [0, 0.05) is 0 Å². The summed E-state index contributed by atoms with van der Waals surface area (Å²) in [6.07, 6.45) is 0. The smallest absolute Gasteiger partial charge is 0.115 e. The molecule has 3 aromatic carbocycles. The Labute approximate surface area is 152 Å². The summed E-state index contributed by atoms with van der Waals surface area (Å²) in [6.45, 7) is 8.00. The lowest BCUT2D eigenvalue weighted by Crippen LogP contribution is -2.11. The third-order valence-corrected chi connectivity index (χ3v) is 3.61. The van der Waals surface area contributed by atoms with Crippen molar-refractivity contribution in [2.24, 2.45) is 5.73 Å². The van der Waals surface area contributed by atoms with Gasteiger partial charge in [-0.2, -0.15) is 0 Å². The molecule has 25 heavy (non-hydrogen) atoms. The van der Waals surface area contributed by atoms with Crippen molar-refractivity contribution in [3.8, 4) is 16.9 Å². The molecular formula is C23H29NO.